The minimum absolute atomic E-state index is 0.317. The fourth-order valence-corrected chi connectivity index (χ4v) is 5.19. The average molecular weight is 282 g/mol. The highest BCUT2D eigenvalue weighted by atomic mass is 28.4. The van der Waals surface area contributed by atoms with Gasteiger partial charge in [0.2, 0.25) is 0 Å². The van der Waals surface area contributed by atoms with Crippen LogP contribution < -0.4 is 5.19 Å². The molecule has 0 bridgehead atoms. The van der Waals surface area contributed by atoms with Gasteiger partial charge in [0.05, 0.1) is 0 Å². The van der Waals surface area contributed by atoms with Gasteiger partial charge in [-0.1, -0.05) is 56.9 Å². The molecular weight excluding hydrogens is 258 g/mol. The molecule has 0 saturated heterocycles. The molecule has 0 radical (unpaired) electrons. The Morgan fingerprint density at radius 3 is 2.26 bits per heavy atom. The second kappa shape index (κ2) is 6.64. The first-order valence-electron chi connectivity index (χ1n) is 7.62. The number of unbranched alkanes of at least 4 members (excludes halogenated alkanes) is 1. The predicted octanol–water partition coefficient (Wildman–Crippen LogP) is 4.95. The quantitative estimate of drug-likeness (QED) is 0.529. The second-order valence-electron chi connectivity index (χ2n) is 5.76. The van der Waals surface area contributed by atoms with E-state index in [4.69, 9.17) is 0 Å². The molecule has 0 N–H and O–H groups in total. The number of hydrogen-bond donors (Lipinski definition) is 0. The van der Waals surface area contributed by atoms with Gasteiger partial charge in [0.1, 0.15) is 0 Å². The van der Waals surface area contributed by atoms with E-state index in [-0.39, 0.29) is 5.54 Å². The van der Waals surface area contributed by atoms with E-state index in [0.717, 1.165) is 51.4 Å². The molecule has 0 nitrogen and oxygen atoms in total. The van der Waals surface area contributed by atoms with Gasteiger partial charge in [-0.25, -0.2) is 0 Å². The van der Waals surface area contributed by atoms with Gasteiger partial charge in [0.25, 0.3) is 0 Å². The summed E-state index contributed by atoms with van der Waals surface area (Å²) in [5, 5.41) is 0.347. The Morgan fingerprint density at radius 1 is 1.05 bits per heavy atom. The Hall–Kier alpha value is -0.703. The summed E-state index contributed by atoms with van der Waals surface area (Å²) in [6.07, 6.45) is 7.87. The van der Waals surface area contributed by atoms with Crippen LogP contribution in [0.3, 0.4) is 0 Å². The van der Waals surface area contributed by atoms with Gasteiger partial charge in [0.15, 0.2) is 0 Å². The van der Waals surface area contributed by atoms with Gasteiger partial charge in [-0.2, -0.15) is 0 Å². The lowest BCUT2D eigenvalue weighted by atomic mass is 10.0. The van der Waals surface area contributed by atoms with Gasteiger partial charge < -0.3 is 0 Å². The topological polar surface area (TPSA) is 0 Å². The average Bonchev–Trinajstić information content (AvgIpc) is 2.46. The SMILES string of the molecule is CCCCc1ccc([Si](F)(F)C2CCCCC2)cc1. The summed E-state index contributed by atoms with van der Waals surface area (Å²) >= 11 is 0. The van der Waals surface area contributed by atoms with E-state index in [1.165, 1.54) is 5.56 Å². The molecule has 0 spiro atoms. The molecule has 106 valence electrons. The summed E-state index contributed by atoms with van der Waals surface area (Å²) in [4.78, 5) is 0. The smallest absolute Gasteiger partial charge is 0.264 e. The zero-order valence-corrected chi connectivity index (χ0v) is 12.8. The molecular formula is C16H24F2Si. The van der Waals surface area contributed by atoms with Crippen LogP contribution in [0.15, 0.2) is 24.3 Å². The van der Waals surface area contributed by atoms with Crippen LogP contribution in [0.25, 0.3) is 0 Å². The molecule has 3 heteroatoms. The number of rotatable bonds is 5. The first-order chi connectivity index (χ1) is 9.14. The summed E-state index contributed by atoms with van der Waals surface area (Å²) in [7, 11) is -4.23. The molecule has 0 atom stereocenters. The van der Waals surface area contributed by atoms with Crippen molar-refractivity contribution in [1.82, 2.24) is 0 Å². The van der Waals surface area contributed by atoms with Crippen LogP contribution in [0.1, 0.15) is 57.4 Å². The Morgan fingerprint density at radius 2 is 1.68 bits per heavy atom. The van der Waals surface area contributed by atoms with Gasteiger partial charge in [-0.3, -0.25) is 8.22 Å². The number of benzene rings is 1. The zero-order valence-electron chi connectivity index (χ0n) is 11.8. The first kappa shape index (κ1) is 14.7. The van der Waals surface area contributed by atoms with Crippen molar-refractivity contribution in [3.63, 3.8) is 0 Å². The van der Waals surface area contributed by atoms with E-state index in [1.807, 2.05) is 12.1 Å². The zero-order chi connectivity index (χ0) is 13.7. The van der Waals surface area contributed by atoms with Crippen molar-refractivity contribution in [2.24, 2.45) is 0 Å². The number of hydrogen-bond acceptors (Lipinski definition) is 0. The number of halogens is 2. The normalized spacial score (nSPS) is 17.6. The third kappa shape index (κ3) is 3.65. The molecule has 1 fully saturated rings. The summed E-state index contributed by atoms with van der Waals surface area (Å²) < 4.78 is 29.1. The van der Waals surface area contributed by atoms with Crippen molar-refractivity contribution in [2.45, 2.75) is 63.8 Å². The lowest BCUT2D eigenvalue weighted by Gasteiger charge is -2.27. The summed E-state index contributed by atoms with van der Waals surface area (Å²) in [5.41, 5.74) is 0.877. The third-order valence-electron chi connectivity index (χ3n) is 4.28. The molecule has 1 aromatic carbocycles. The summed E-state index contributed by atoms with van der Waals surface area (Å²) in [5.74, 6) is 0. The largest absolute Gasteiger partial charge is 0.458 e. The Balaban J connectivity index is 2.06. The molecule has 1 saturated carbocycles. The predicted molar refractivity (Wildman–Crippen MR) is 79.5 cm³/mol. The highest BCUT2D eigenvalue weighted by Crippen LogP contribution is 2.38. The maximum atomic E-state index is 14.6. The summed E-state index contributed by atoms with van der Waals surface area (Å²) in [6, 6.07) is 7.22. The van der Waals surface area contributed by atoms with E-state index < -0.39 is 8.74 Å². The fraction of sp³-hybridized carbons (Fsp3) is 0.625. The van der Waals surface area contributed by atoms with Gasteiger partial charge >= 0.3 is 8.74 Å². The van der Waals surface area contributed by atoms with Crippen LogP contribution >= 0.6 is 0 Å². The van der Waals surface area contributed by atoms with Crippen molar-refractivity contribution in [3.05, 3.63) is 29.8 Å². The highest BCUT2D eigenvalue weighted by molar-refractivity contribution is 6.81. The lowest BCUT2D eigenvalue weighted by Crippen LogP contribution is -2.44. The van der Waals surface area contributed by atoms with Crippen molar-refractivity contribution in [3.8, 4) is 0 Å². The monoisotopic (exact) mass is 282 g/mol. The second-order valence-corrected chi connectivity index (χ2v) is 8.40. The first-order valence-corrected chi connectivity index (χ1v) is 9.45. The van der Waals surface area contributed by atoms with Gasteiger partial charge in [-0.15, -0.1) is 0 Å². The molecule has 0 amide bonds. The Kier molecular flexibility index (Phi) is 5.14. The Bertz CT molecular complexity index is 380. The van der Waals surface area contributed by atoms with E-state index >= 15 is 0 Å². The van der Waals surface area contributed by atoms with Crippen LogP contribution in [-0.2, 0) is 6.42 Å². The minimum Gasteiger partial charge on any atom is -0.264 e. The number of aryl methyl sites for hydroxylation is 1. The van der Waals surface area contributed by atoms with E-state index in [1.54, 1.807) is 12.1 Å². The molecule has 2 rings (SSSR count). The van der Waals surface area contributed by atoms with Crippen molar-refractivity contribution < 1.29 is 8.22 Å². The van der Waals surface area contributed by atoms with Crippen LogP contribution in [0.5, 0.6) is 0 Å². The van der Waals surface area contributed by atoms with Crippen LogP contribution in [0.2, 0.25) is 5.54 Å². The molecule has 1 aliphatic carbocycles. The van der Waals surface area contributed by atoms with E-state index in [0.29, 0.717) is 5.19 Å². The maximum Gasteiger partial charge on any atom is 0.458 e. The van der Waals surface area contributed by atoms with E-state index in [2.05, 4.69) is 6.92 Å². The molecule has 0 heterocycles. The van der Waals surface area contributed by atoms with Crippen molar-refractivity contribution >= 4 is 13.9 Å². The fourth-order valence-electron chi connectivity index (χ4n) is 2.98. The standard InChI is InChI=1S/C16H24F2Si/c1-2-3-7-14-10-12-16(13-11-14)19(17,18)15-8-5-4-6-9-15/h10-13,15H,2-9H2,1H3. The molecule has 1 aromatic rings. The lowest BCUT2D eigenvalue weighted by molar-refractivity contribution is 0.443. The minimum atomic E-state index is -4.23. The van der Waals surface area contributed by atoms with Crippen LogP contribution in [0.4, 0.5) is 8.22 Å². The van der Waals surface area contributed by atoms with Crippen LogP contribution in [-0.4, -0.2) is 8.74 Å². The van der Waals surface area contributed by atoms with Crippen molar-refractivity contribution in [1.29, 1.82) is 0 Å². The maximum absolute atomic E-state index is 14.6. The Labute approximate surface area is 116 Å². The van der Waals surface area contributed by atoms with Crippen molar-refractivity contribution in [2.75, 3.05) is 0 Å². The van der Waals surface area contributed by atoms with Gasteiger partial charge in [0, 0.05) is 10.7 Å². The highest BCUT2D eigenvalue weighted by Gasteiger charge is 2.46. The third-order valence-corrected chi connectivity index (χ3v) is 6.98. The summed E-state index contributed by atoms with van der Waals surface area (Å²) in [6.45, 7) is 2.15. The van der Waals surface area contributed by atoms with Gasteiger partial charge in [-0.05, 0) is 31.2 Å². The van der Waals surface area contributed by atoms with E-state index in [9.17, 15) is 8.22 Å². The van der Waals surface area contributed by atoms with Crippen LogP contribution in [0, 0.1) is 0 Å². The molecule has 1 aliphatic rings. The molecule has 19 heavy (non-hydrogen) atoms. The molecule has 0 aromatic heterocycles. The molecule has 0 unspecified atom stereocenters. The molecule has 0 aliphatic heterocycles.